The van der Waals surface area contributed by atoms with Crippen LogP contribution in [0.2, 0.25) is 0 Å². The van der Waals surface area contributed by atoms with Crippen LogP contribution in [-0.4, -0.2) is 14.5 Å². The Morgan fingerprint density at radius 3 is 2.47 bits per heavy atom. The van der Waals surface area contributed by atoms with Gasteiger partial charge in [0.05, 0.1) is 4.90 Å². The number of anilines is 1. The predicted octanol–water partition coefficient (Wildman–Crippen LogP) is 1.57. The molecule has 17 heavy (non-hydrogen) atoms. The molecule has 2 rings (SSSR count). The van der Waals surface area contributed by atoms with Crippen LogP contribution in [0, 0.1) is 19.8 Å². The maximum atomic E-state index is 12.1. The summed E-state index contributed by atoms with van der Waals surface area (Å²) in [5, 5.41) is 0. The smallest absolute Gasteiger partial charge is 0.241 e. The van der Waals surface area contributed by atoms with Crippen LogP contribution < -0.4 is 10.5 Å². The molecule has 0 spiro atoms. The monoisotopic (exact) mass is 254 g/mol. The van der Waals surface area contributed by atoms with Crippen molar-refractivity contribution in [2.75, 3.05) is 5.73 Å². The Bertz CT molecular complexity index is 552. The van der Waals surface area contributed by atoms with Gasteiger partial charge in [0.15, 0.2) is 0 Å². The van der Waals surface area contributed by atoms with Crippen molar-refractivity contribution in [1.29, 1.82) is 0 Å². The maximum Gasteiger partial charge on any atom is 0.241 e. The number of aryl methyl sites for hydroxylation is 1. The van der Waals surface area contributed by atoms with Gasteiger partial charge in [0, 0.05) is 11.7 Å². The van der Waals surface area contributed by atoms with Crippen molar-refractivity contribution in [2.45, 2.75) is 38.1 Å². The normalized spacial score (nSPS) is 23.7. The van der Waals surface area contributed by atoms with Gasteiger partial charge < -0.3 is 5.73 Å². The number of sulfonamides is 1. The Morgan fingerprint density at radius 1 is 1.35 bits per heavy atom. The molecule has 1 saturated carbocycles. The molecule has 1 aromatic carbocycles. The molecule has 2 unspecified atom stereocenters. The van der Waals surface area contributed by atoms with E-state index in [1.165, 1.54) is 0 Å². The van der Waals surface area contributed by atoms with Gasteiger partial charge in [0.2, 0.25) is 10.0 Å². The summed E-state index contributed by atoms with van der Waals surface area (Å²) in [5.74, 6) is 0.438. The van der Waals surface area contributed by atoms with E-state index in [1.807, 2.05) is 13.8 Å². The zero-order chi connectivity index (χ0) is 12.8. The molecule has 0 aromatic heterocycles. The minimum absolute atomic E-state index is 0.0851. The molecule has 0 aliphatic heterocycles. The summed E-state index contributed by atoms with van der Waals surface area (Å²) in [4.78, 5) is 0.291. The van der Waals surface area contributed by atoms with Crippen LogP contribution in [0.3, 0.4) is 0 Å². The van der Waals surface area contributed by atoms with Gasteiger partial charge in [-0.25, -0.2) is 13.1 Å². The molecule has 1 aliphatic carbocycles. The van der Waals surface area contributed by atoms with Crippen molar-refractivity contribution < 1.29 is 8.42 Å². The maximum absolute atomic E-state index is 12.1. The molecule has 0 radical (unpaired) electrons. The summed E-state index contributed by atoms with van der Waals surface area (Å²) >= 11 is 0. The van der Waals surface area contributed by atoms with Crippen LogP contribution in [0.15, 0.2) is 17.0 Å². The molecule has 4 nitrogen and oxygen atoms in total. The molecule has 1 aromatic rings. The Kier molecular flexibility index (Phi) is 2.91. The van der Waals surface area contributed by atoms with E-state index in [0.29, 0.717) is 22.1 Å². The highest BCUT2D eigenvalue weighted by molar-refractivity contribution is 7.89. The topological polar surface area (TPSA) is 72.2 Å². The zero-order valence-corrected chi connectivity index (χ0v) is 11.1. The highest BCUT2D eigenvalue weighted by atomic mass is 32.2. The Hall–Kier alpha value is -1.07. The first-order chi connectivity index (χ1) is 7.83. The molecule has 2 atom stereocenters. The molecule has 0 heterocycles. The van der Waals surface area contributed by atoms with E-state index < -0.39 is 10.0 Å². The number of nitrogens with two attached hydrogens (primary N) is 1. The number of rotatable bonds is 3. The largest absolute Gasteiger partial charge is 0.398 e. The van der Waals surface area contributed by atoms with Gasteiger partial charge in [0.25, 0.3) is 0 Å². The number of nitrogens with one attached hydrogen (secondary N) is 1. The third-order valence-corrected chi connectivity index (χ3v) is 5.02. The Balaban J connectivity index is 2.36. The van der Waals surface area contributed by atoms with E-state index in [2.05, 4.69) is 4.72 Å². The van der Waals surface area contributed by atoms with Gasteiger partial charge in [-0.3, -0.25) is 0 Å². The molecular formula is C12H18N2O2S. The molecule has 5 heteroatoms. The minimum atomic E-state index is -3.43. The van der Waals surface area contributed by atoms with Gasteiger partial charge >= 0.3 is 0 Å². The third-order valence-electron chi connectivity index (χ3n) is 3.39. The molecule has 1 fully saturated rings. The van der Waals surface area contributed by atoms with Crippen LogP contribution in [0.4, 0.5) is 5.69 Å². The lowest BCUT2D eigenvalue weighted by Crippen LogP contribution is -2.27. The molecule has 0 amide bonds. The molecule has 0 saturated heterocycles. The lowest BCUT2D eigenvalue weighted by Gasteiger charge is -2.12. The molecular weight excluding hydrogens is 236 g/mol. The number of hydrogen-bond acceptors (Lipinski definition) is 3. The highest BCUT2D eigenvalue weighted by Gasteiger charge is 2.36. The van der Waals surface area contributed by atoms with Crippen molar-refractivity contribution in [3.05, 3.63) is 23.3 Å². The van der Waals surface area contributed by atoms with Gasteiger partial charge in [-0.1, -0.05) is 13.0 Å². The summed E-state index contributed by atoms with van der Waals surface area (Å²) < 4.78 is 27.0. The van der Waals surface area contributed by atoms with Crippen molar-refractivity contribution in [2.24, 2.45) is 5.92 Å². The Morgan fingerprint density at radius 2 is 1.94 bits per heavy atom. The van der Waals surface area contributed by atoms with Crippen LogP contribution in [-0.2, 0) is 10.0 Å². The molecule has 3 N–H and O–H groups in total. The van der Waals surface area contributed by atoms with Crippen LogP contribution in [0.25, 0.3) is 0 Å². The fourth-order valence-electron chi connectivity index (χ4n) is 1.88. The fourth-order valence-corrected chi connectivity index (χ4v) is 3.50. The van der Waals surface area contributed by atoms with E-state index in [4.69, 9.17) is 5.73 Å². The average Bonchev–Trinajstić information content (AvgIpc) is 2.89. The molecule has 0 bridgehead atoms. The van der Waals surface area contributed by atoms with Crippen LogP contribution >= 0.6 is 0 Å². The van der Waals surface area contributed by atoms with Crippen molar-refractivity contribution >= 4 is 15.7 Å². The third kappa shape index (κ3) is 2.30. The first kappa shape index (κ1) is 12.4. The summed E-state index contributed by atoms with van der Waals surface area (Å²) in [7, 11) is -3.43. The number of benzene rings is 1. The van der Waals surface area contributed by atoms with Gasteiger partial charge in [-0.15, -0.1) is 0 Å². The second-order valence-electron chi connectivity index (χ2n) is 4.86. The van der Waals surface area contributed by atoms with E-state index in [9.17, 15) is 8.42 Å². The zero-order valence-electron chi connectivity index (χ0n) is 10.3. The summed E-state index contributed by atoms with van der Waals surface area (Å²) in [6, 6.07) is 3.45. The Labute approximate surface area is 102 Å². The van der Waals surface area contributed by atoms with E-state index in [0.717, 1.165) is 12.0 Å². The van der Waals surface area contributed by atoms with E-state index >= 15 is 0 Å². The number of hydrogen-bond donors (Lipinski definition) is 2. The van der Waals surface area contributed by atoms with Crippen molar-refractivity contribution in [3.63, 3.8) is 0 Å². The molecule has 1 aliphatic rings. The van der Waals surface area contributed by atoms with Crippen LogP contribution in [0.5, 0.6) is 0 Å². The molecule has 94 valence electrons. The van der Waals surface area contributed by atoms with Gasteiger partial charge in [0.1, 0.15) is 0 Å². The number of nitrogen functional groups attached to an aromatic ring is 1. The van der Waals surface area contributed by atoms with E-state index in [1.54, 1.807) is 19.1 Å². The first-order valence-corrected chi connectivity index (χ1v) is 7.19. The van der Waals surface area contributed by atoms with E-state index in [-0.39, 0.29) is 6.04 Å². The fraction of sp³-hybridized carbons (Fsp3) is 0.500. The second kappa shape index (κ2) is 3.99. The quantitative estimate of drug-likeness (QED) is 0.804. The summed E-state index contributed by atoms with van der Waals surface area (Å²) in [6.45, 7) is 5.64. The van der Waals surface area contributed by atoms with Gasteiger partial charge in [-0.2, -0.15) is 0 Å². The first-order valence-electron chi connectivity index (χ1n) is 5.71. The summed E-state index contributed by atoms with van der Waals surface area (Å²) in [5.41, 5.74) is 7.95. The van der Waals surface area contributed by atoms with Crippen LogP contribution in [0.1, 0.15) is 24.5 Å². The predicted molar refractivity (Wildman–Crippen MR) is 68.2 cm³/mol. The minimum Gasteiger partial charge on any atom is -0.398 e. The van der Waals surface area contributed by atoms with Crippen molar-refractivity contribution in [3.8, 4) is 0 Å². The highest BCUT2D eigenvalue weighted by Crippen LogP contribution is 2.32. The summed E-state index contributed by atoms with van der Waals surface area (Å²) in [6.07, 6.45) is 0.916. The van der Waals surface area contributed by atoms with Gasteiger partial charge in [-0.05, 0) is 43.4 Å². The standard InChI is InChI=1S/C12H18N2O2S/c1-7-4-5-11(9(3)12(7)13)17(15,16)14-10-6-8(10)2/h4-5,8,10,14H,6,13H2,1-3H3. The SMILES string of the molecule is Cc1ccc(S(=O)(=O)NC2CC2C)c(C)c1N. The average molecular weight is 254 g/mol. The lowest BCUT2D eigenvalue weighted by molar-refractivity contribution is 0.577. The van der Waals surface area contributed by atoms with Crippen molar-refractivity contribution in [1.82, 2.24) is 4.72 Å². The lowest BCUT2D eigenvalue weighted by atomic mass is 10.1. The second-order valence-corrected chi connectivity index (χ2v) is 6.54.